The number of nitrogens with two attached hydrogens (primary N) is 6. The standard InChI is InChI=1S/C46H65N15O12S2/c47-27-22-74-75-23-33(45(73)61-17-5-9-34(61)44(72)56-28(8-4-16-53-46(51)52)39(67)54-21-37(50)65)60-43(71)32(20-36(49)64)59-40(68)29(14-15-35(48)63)55-41(69)31(18-24-6-2-1-3-7-24)58-42(70)30(57-38(27)66)19-25-10-12-26(62)13-11-25/h1-3,6-7,10-13,27-34,62H,4-5,8-9,14-23,47H2,(H2,48,63)(H2,49,64)(H2,50,65)(H,54,67)(H,55,69)(H,56,72)(H,57,66)(H,58,70)(H,59,68)(H,60,71)(H4,51,52,53)/t27-,28-,29-,30-,31-,32-,33-,34-/m0/s1/i1T,2T,3T. The molecule has 2 aliphatic rings. The lowest BCUT2D eigenvalue weighted by Crippen LogP contribution is -2.61. The van der Waals surface area contributed by atoms with E-state index in [1.165, 1.54) is 36.4 Å². The molecule has 2 aromatic carbocycles. The minimum atomic E-state index is -1.86. The van der Waals surface area contributed by atoms with Gasteiger partial charge in [-0.2, -0.15) is 0 Å². The van der Waals surface area contributed by atoms with Crippen LogP contribution in [0.25, 0.3) is 0 Å². The molecule has 2 saturated heterocycles. The number of phenols is 1. The molecule has 0 spiro atoms. The zero-order chi connectivity index (χ0) is 57.8. The summed E-state index contributed by atoms with van der Waals surface area (Å²) < 4.78 is 24.4. The van der Waals surface area contributed by atoms with Crippen LogP contribution in [-0.4, -0.2) is 160 Å². The van der Waals surface area contributed by atoms with E-state index in [0.717, 1.165) is 26.5 Å². The Hall–Kier alpha value is -7.66. The maximum absolute atomic E-state index is 14.6. The van der Waals surface area contributed by atoms with Crippen molar-refractivity contribution in [2.45, 2.75) is 106 Å². The number of aromatic hydroxyl groups is 1. The molecule has 408 valence electrons. The highest BCUT2D eigenvalue weighted by Crippen LogP contribution is 2.26. The number of amides is 11. The summed E-state index contributed by atoms with van der Waals surface area (Å²) >= 11 is 0. The monoisotopic (exact) mass is 1090 g/mol. The van der Waals surface area contributed by atoms with Gasteiger partial charge in [0.25, 0.3) is 0 Å². The Kier molecular flexibility index (Phi) is 22.0. The van der Waals surface area contributed by atoms with Crippen LogP contribution in [0, 0.1) is 0 Å². The lowest BCUT2D eigenvalue weighted by molar-refractivity contribution is -0.142. The number of phenolic OH excluding ortho intramolecular Hbond substituents is 1. The van der Waals surface area contributed by atoms with Crippen molar-refractivity contribution in [3.8, 4) is 5.75 Å². The summed E-state index contributed by atoms with van der Waals surface area (Å²) in [5.74, 6) is -11.3. The van der Waals surface area contributed by atoms with Gasteiger partial charge in [0.2, 0.25) is 65.0 Å². The molecule has 0 aliphatic carbocycles. The average Bonchev–Trinajstić information content (AvgIpc) is 3.89. The fraction of sp³-hybridized carbons (Fsp3) is 0.478. The number of hydrogen-bond acceptors (Lipinski definition) is 16. The fourth-order valence-electron chi connectivity index (χ4n) is 7.64. The molecule has 0 aromatic heterocycles. The van der Waals surface area contributed by atoms with Gasteiger partial charge < -0.3 is 81.6 Å². The van der Waals surface area contributed by atoms with E-state index in [4.69, 9.17) is 38.5 Å². The van der Waals surface area contributed by atoms with Gasteiger partial charge in [0.05, 0.1) is 23.1 Å². The van der Waals surface area contributed by atoms with Crippen LogP contribution in [0.4, 0.5) is 0 Å². The molecule has 0 saturated carbocycles. The van der Waals surface area contributed by atoms with Crippen molar-refractivity contribution in [3.05, 3.63) is 65.7 Å². The maximum Gasteiger partial charge on any atom is 0.246 e. The van der Waals surface area contributed by atoms with Gasteiger partial charge in [-0.25, -0.2) is 0 Å². The van der Waals surface area contributed by atoms with Crippen LogP contribution >= 0.6 is 21.6 Å². The molecule has 75 heavy (non-hydrogen) atoms. The number of likely N-dealkylation sites (tertiary alicyclic amines) is 1. The smallest absolute Gasteiger partial charge is 0.246 e. The number of hydrogen-bond donors (Lipinski definition) is 14. The molecule has 11 amide bonds. The number of nitrogens with one attached hydrogen (secondary N) is 7. The number of primary amides is 3. The first-order chi connectivity index (χ1) is 36.8. The largest absolute Gasteiger partial charge is 0.508 e. The Bertz CT molecular complexity index is 2580. The predicted octanol–water partition coefficient (Wildman–Crippen LogP) is -5.40. The molecular weight excluding hydrogens is 1020 g/mol. The van der Waals surface area contributed by atoms with Crippen LogP contribution < -0.4 is 71.6 Å². The zero-order valence-corrected chi connectivity index (χ0v) is 42.2. The lowest BCUT2D eigenvalue weighted by Gasteiger charge is -2.31. The van der Waals surface area contributed by atoms with E-state index in [2.05, 4.69) is 42.2 Å². The Morgan fingerprint density at radius 3 is 1.92 bits per heavy atom. The van der Waals surface area contributed by atoms with E-state index in [0.29, 0.717) is 5.56 Å². The zero-order valence-electron chi connectivity index (χ0n) is 43.6. The summed E-state index contributed by atoms with van der Waals surface area (Å²) in [6.07, 6.45) is -2.09. The Labute approximate surface area is 443 Å². The van der Waals surface area contributed by atoms with Crippen LogP contribution in [0.1, 0.15) is 60.2 Å². The highest BCUT2D eigenvalue weighted by molar-refractivity contribution is 8.76. The molecule has 27 nitrogen and oxygen atoms in total. The number of benzene rings is 2. The summed E-state index contributed by atoms with van der Waals surface area (Å²) in [5.41, 5.74) is 33.9. The maximum atomic E-state index is 14.6. The topological polar surface area (TPSA) is 464 Å². The van der Waals surface area contributed by atoms with Crippen LogP contribution in [0.15, 0.2) is 59.5 Å². The second kappa shape index (κ2) is 29.9. The number of guanidine groups is 1. The van der Waals surface area contributed by atoms with Gasteiger partial charge in [0.1, 0.15) is 48.0 Å². The van der Waals surface area contributed by atoms with Gasteiger partial charge in [0.15, 0.2) is 5.96 Å². The predicted molar refractivity (Wildman–Crippen MR) is 276 cm³/mol. The van der Waals surface area contributed by atoms with Crippen LogP contribution in [0.5, 0.6) is 5.75 Å². The fourth-order valence-corrected chi connectivity index (χ4v) is 9.92. The van der Waals surface area contributed by atoms with Crippen LogP contribution in [0.2, 0.25) is 0 Å². The van der Waals surface area contributed by atoms with Crippen molar-refractivity contribution >= 4 is 92.5 Å². The highest BCUT2D eigenvalue weighted by Gasteiger charge is 2.40. The number of carbonyl (C=O) groups is 11. The average molecular weight is 1090 g/mol. The number of rotatable bonds is 19. The van der Waals surface area contributed by atoms with Crippen LogP contribution in [-0.2, 0) is 65.6 Å². The molecule has 0 unspecified atom stereocenters. The third-order valence-electron chi connectivity index (χ3n) is 11.5. The van der Waals surface area contributed by atoms with E-state index in [1.54, 1.807) is 0 Å². The normalized spacial score (nSPS) is 23.2. The number of aliphatic imine (C=N–C) groups is 1. The van der Waals surface area contributed by atoms with E-state index >= 15 is 0 Å². The molecule has 2 aliphatic heterocycles. The molecule has 2 heterocycles. The van der Waals surface area contributed by atoms with Gasteiger partial charge in [0, 0.05) is 43.9 Å². The van der Waals surface area contributed by atoms with E-state index in [-0.39, 0.29) is 74.0 Å². The second-order valence-corrected chi connectivity index (χ2v) is 19.9. The third-order valence-corrected chi connectivity index (χ3v) is 13.9. The van der Waals surface area contributed by atoms with E-state index < -0.39 is 164 Å². The van der Waals surface area contributed by atoms with Crippen molar-refractivity contribution in [1.82, 2.24) is 42.1 Å². The molecule has 4 rings (SSSR count). The van der Waals surface area contributed by atoms with E-state index in [1.807, 2.05) is 0 Å². The highest BCUT2D eigenvalue weighted by atomic mass is 33.1. The SMILES string of the molecule is [3H]c1cc(C[C@@H]2NC(=O)[C@H](Cc3ccc(O)cc3)NC(=O)[C@@H](N)CSSC[C@@H](C(=O)N3CCC[C@H]3C(=O)N[C@@H](CCCN=C(N)N)C(=O)NCC(N)=O)NC(=O)[C@H](CC(N)=O)NC(=O)[C@H](CCC(N)=O)NC2=O)cc([3H])c1[3H]. The second-order valence-electron chi connectivity index (χ2n) is 17.4. The molecule has 0 radical (unpaired) electrons. The number of nitrogens with zero attached hydrogens (tertiary/aromatic N) is 2. The Balaban J connectivity index is 1.74. The molecule has 0 bridgehead atoms. The van der Waals surface area contributed by atoms with Crippen molar-refractivity contribution in [2.75, 3.05) is 31.1 Å². The Morgan fingerprint density at radius 2 is 1.31 bits per heavy atom. The summed E-state index contributed by atoms with van der Waals surface area (Å²) in [5, 5.41) is 27.3. The molecule has 29 heteroatoms. The molecule has 20 N–H and O–H groups in total. The Morgan fingerprint density at radius 1 is 0.733 bits per heavy atom. The van der Waals surface area contributed by atoms with Gasteiger partial charge in [-0.05, 0) is 55.4 Å². The van der Waals surface area contributed by atoms with Crippen molar-refractivity contribution in [2.24, 2.45) is 39.4 Å². The van der Waals surface area contributed by atoms with Gasteiger partial charge >= 0.3 is 0 Å². The summed E-state index contributed by atoms with van der Waals surface area (Å²) in [6.45, 7) is -0.502. The first kappa shape index (κ1) is 55.1. The first-order valence-corrected chi connectivity index (χ1v) is 26.0. The summed E-state index contributed by atoms with van der Waals surface area (Å²) in [6, 6.07) is -5.41. The summed E-state index contributed by atoms with van der Waals surface area (Å²) in [7, 11) is 1.92. The molecule has 2 aromatic rings. The number of carbonyl (C=O) groups excluding carboxylic acids is 11. The van der Waals surface area contributed by atoms with Gasteiger partial charge in [-0.1, -0.05) is 64.0 Å². The minimum Gasteiger partial charge on any atom is -0.508 e. The van der Waals surface area contributed by atoms with E-state index in [9.17, 15) is 57.8 Å². The first-order valence-electron chi connectivity index (χ1n) is 25.0. The van der Waals surface area contributed by atoms with Gasteiger partial charge in [-0.15, -0.1) is 0 Å². The summed E-state index contributed by atoms with van der Waals surface area (Å²) in [4.78, 5) is 154. The molecule has 2 fully saturated rings. The third kappa shape index (κ3) is 20.3. The quantitative estimate of drug-likeness (QED) is 0.0270. The molecular formula is C46H65N15O12S2. The molecule has 8 atom stereocenters. The minimum absolute atomic E-state index is 0.0178. The van der Waals surface area contributed by atoms with Gasteiger partial charge in [-0.3, -0.25) is 57.7 Å². The lowest BCUT2D eigenvalue weighted by atomic mass is 10.0. The van der Waals surface area contributed by atoms with Crippen molar-refractivity contribution in [1.29, 1.82) is 0 Å². The van der Waals surface area contributed by atoms with Crippen molar-refractivity contribution < 1.29 is 62.0 Å². The van der Waals surface area contributed by atoms with Crippen LogP contribution in [0.3, 0.4) is 0 Å². The van der Waals surface area contributed by atoms with Crippen molar-refractivity contribution in [3.63, 3.8) is 0 Å².